The molecular weight excluding hydrogens is 204 g/mol. The van der Waals surface area contributed by atoms with E-state index in [4.69, 9.17) is 0 Å². The molecule has 0 bridgehead atoms. The lowest BCUT2D eigenvalue weighted by molar-refractivity contribution is 0.953. The van der Waals surface area contributed by atoms with Crippen molar-refractivity contribution in [1.82, 2.24) is 15.2 Å². The second kappa shape index (κ2) is 4.14. The molecule has 2 aromatic rings. The molecule has 2 rings (SSSR count). The summed E-state index contributed by atoms with van der Waals surface area (Å²) in [6.45, 7) is 4.02. The number of rotatable bonds is 2. The van der Waals surface area contributed by atoms with Crippen molar-refractivity contribution < 1.29 is 0 Å². The van der Waals surface area contributed by atoms with Crippen LogP contribution < -0.4 is 10.9 Å². The smallest absolute Gasteiger partial charge is 0.271 e. The number of aryl methyl sites for hydroxylation is 2. The minimum Gasteiger partial charge on any atom is -0.324 e. The normalized spacial score (nSPS) is 10.1. The van der Waals surface area contributed by atoms with Crippen LogP contribution in [0, 0.1) is 13.8 Å². The number of hydrogen-bond acceptors (Lipinski definition) is 4. The molecule has 0 fully saturated rings. The largest absolute Gasteiger partial charge is 0.324 e. The van der Waals surface area contributed by atoms with Gasteiger partial charge in [0.2, 0.25) is 5.95 Å². The Morgan fingerprint density at radius 3 is 2.50 bits per heavy atom. The Morgan fingerprint density at radius 2 is 1.88 bits per heavy atom. The van der Waals surface area contributed by atoms with Gasteiger partial charge in [0, 0.05) is 5.69 Å². The molecular formula is C11H12N4O. The van der Waals surface area contributed by atoms with E-state index in [1.165, 1.54) is 0 Å². The van der Waals surface area contributed by atoms with Crippen LogP contribution in [-0.2, 0) is 0 Å². The van der Waals surface area contributed by atoms with Crippen LogP contribution >= 0.6 is 0 Å². The van der Waals surface area contributed by atoms with Crippen molar-refractivity contribution >= 4 is 11.6 Å². The summed E-state index contributed by atoms with van der Waals surface area (Å²) in [5, 5.41) is 10.3. The van der Waals surface area contributed by atoms with Gasteiger partial charge in [-0.15, -0.1) is 10.2 Å². The molecule has 0 saturated heterocycles. The van der Waals surface area contributed by atoms with Crippen LogP contribution in [0.5, 0.6) is 0 Å². The van der Waals surface area contributed by atoms with Gasteiger partial charge in [0.05, 0.1) is 0 Å². The molecule has 1 aromatic carbocycles. The highest BCUT2D eigenvalue weighted by atomic mass is 16.1. The second-order valence-corrected chi connectivity index (χ2v) is 3.68. The Kier molecular flexibility index (Phi) is 2.68. The SMILES string of the molecule is Cc1cc(C)cc(Nc2nncc(=O)[nH]2)c1. The zero-order valence-corrected chi connectivity index (χ0v) is 9.11. The maximum atomic E-state index is 11.0. The molecule has 82 valence electrons. The fourth-order valence-corrected chi connectivity index (χ4v) is 1.55. The van der Waals surface area contributed by atoms with Crippen LogP contribution in [0.2, 0.25) is 0 Å². The van der Waals surface area contributed by atoms with E-state index >= 15 is 0 Å². The maximum Gasteiger partial charge on any atom is 0.271 e. The Hall–Kier alpha value is -2.17. The number of hydrogen-bond donors (Lipinski definition) is 2. The number of nitrogens with one attached hydrogen (secondary N) is 2. The fraction of sp³-hybridized carbons (Fsp3) is 0.182. The molecule has 0 aliphatic rings. The maximum absolute atomic E-state index is 11.0. The first-order valence-electron chi connectivity index (χ1n) is 4.91. The lowest BCUT2D eigenvalue weighted by atomic mass is 10.1. The molecule has 0 atom stereocenters. The third-order valence-electron chi connectivity index (χ3n) is 2.06. The molecule has 16 heavy (non-hydrogen) atoms. The van der Waals surface area contributed by atoms with E-state index in [1.54, 1.807) is 0 Å². The summed E-state index contributed by atoms with van der Waals surface area (Å²) in [5.41, 5.74) is 2.90. The molecule has 5 nitrogen and oxygen atoms in total. The third kappa shape index (κ3) is 2.44. The summed E-state index contributed by atoms with van der Waals surface area (Å²) in [5.74, 6) is 0.345. The summed E-state index contributed by atoms with van der Waals surface area (Å²) in [6.07, 6.45) is 1.13. The first kappa shape index (κ1) is 10.4. The quantitative estimate of drug-likeness (QED) is 0.798. The minimum absolute atomic E-state index is 0.276. The summed E-state index contributed by atoms with van der Waals surface area (Å²) >= 11 is 0. The summed E-state index contributed by atoms with van der Waals surface area (Å²) in [7, 11) is 0. The molecule has 2 N–H and O–H groups in total. The van der Waals surface area contributed by atoms with Gasteiger partial charge in [-0.1, -0.05) is 6.07 Å². The van der Waals surface area contributed by atoms with Gasteiger partial charge in [0.25, 0.3) is 5.56 Å². The molecule has 0 aliphatic heterocycles. The molecule has 0 spiro atoms. The second-order valence-electron chi connectivity index (χ2n) is 3.68. The van der Waals surface area contributed by atoms with Crippen molar-refractivity contribution in [2.75, 3.05) is 5.32 Å². The zero-order valence-electron chi connectivity index (χ0n) is 9.11. The molecule has 0 unspecified atom stereocenters. The van der Waals surface area contributed by atoms with Crippen molar-refractivity contribution in [3.8, 4) is 0 Å². The van der Waals surface area contributed by atoms with E-state index in [2.05, 4.69) is 26.6 Å². The first-order chi connectivity index (χ1) is 7.63. The van der Waals surface area contributed by atoms with Crippen molar-refractivity contribution in [1.29, 1.82) is 0 Å². The molecule has 5 heteroatoms. The average molecular weight is 216 g/mol. The molecule has 0 amide bonds. The molecule has 0 aliphatic carbocycles. The predicted octanol–water partition coefficient (Wildman–Crippen LogP) is 1.53. The Balaban J connectivity index is 2.30. The molecule has 0 radical (unpaired) electrons. The topological polar surface area (TPSA) is 70.7 Å². The number of aromatic amines is 1. The monoisotopic (exact) mass is 216 g/mol. The number of H-pyrrole nitrogens is 1. The zero-order chi connectivity index (χ0) is 11.5. The van der Waals surface area contributed by atoms with E-state index in [0.717, 1.165) is 23.0 Å². The van der Waals surface area contributed by atoms with Crippen LogP contribution in [0.15, 0.2) is 29.2 Å². The van der Waals surface area contributed by atoms with Gasteiger partial charge in [-0.05, 0) is 37.1 Å². The van der Waals surface area contributed by atoms with Crippen molar-refractivity contribution in [3.63, 3.8) is 0 Å². The lowest BCUT2D eigenvalue weighted by Crippen LogP contribution is -2.10. The van der Waals surface area contributed by atoms with Crippen molar-refractivity contribution in [3.05, 3.63) is 45.9 Å². The Morgan fingerprint density at radius 1 is 1.19 bits per heavy atom. The molecule has 1 aromatic heterocycles. The third-order valence-corrected chi connectivity index (χ3v) is 2.06. The highest BCUT2D eigenvalue weighted by molar-refractivity contribution is 5.55. The van der Waals surface area contributed by atoms with Gasteiger partial charge in [-0.25, -0.2) is 0 Å². The van der Waals surface area contributed by atoms with Crippen LogP contribution in [0.25, 0.3) is 0 Å². The lowest BCUT2D eigenvalue weighted by Gasteiger charge is -2.06. The number of benzene rings is 1. The van der Waals surface area contributed by atoms with Crippen molar-refractivity contribution in [2.24, 2.45) is 0 Å². The highest BCUT2D eigenvalue weighted by Gasteiger charge is 1.99. The van der Waals surface area contributed by atoms with Crippen LogP contribution in [-0.4, -0.2) is 15.2 Å². The summed E-state index contributed by atoms with van der Waals surface area (Å²) in [4.78, 5) is 13.6. The Labute approximate surface area is 92.6 Å². The van der Waals surface area contributed by atoms with E-state index in [0.29, 0.717) is 5.95 Å². The van der Waals surface area contributed by atoms with Crippen LogP contribution in [0.3, 0.4) is 0 Å². The predicted molar refractivity (Wildman–Crippen MR) is 61.9 cm³/mol. The number of anilines is 2. The summed E-state index contributed by atoms with van der Waals surface area (Å²) < 4.78 is 0. The summed E-state index contributed by atoms with van der Waals surface area (Å²) in [6, 6.07) is 6.02. The van der Waals surface area contributed by atoms with Crippen LogP contribution in [0.4, 0.5) is 11.6 Å². The molecule has 0 saturated carbocycles. The van der Waals surface area contributed by atoms with Gasteiger partial charge < -0.3 is 5.32 Å². The number of nitrogens with zero attached hydrogens (tertiary/aromatic N) is 2. The molecule has 1 heterocycles. The van der Waals surface area contributed by atoms with E-state index in [1.807, 2.05) is 26.0 Å². The number of aromatic nitrogens is 3. The fourth-order valence-electron chi connectivity index (χ4n) is 1.55. The van der Waals surface area contributed by atoms with Crippen LogP contribution in [0.1, 0.15) is 11.1 Å². The van der Waals surface area contributed by atoms with E-state index < -0.39 is 0 Å². The highest BCUT2D eigenvalue weighted by Crippen LogP contribution is 2.15. The van der Waals surface area contributed by atoms with Gasteiger partial charge in [0.1, 0.15) is 6.20 Å². The standard InChI is InChI=1S/C11H12N4O/c1-7-3-8(2)5-9(4-7)13-11-14-10(16)6-12-15-11/h3-6H,1-2H3,(H2,13,14,15,16). The van der Waals surface area contributed by atoms with E-state index in [-0.39, 0.29) is 5.56 Å². The average Bonchev–Trinajstić information content (AvgIpc) is 2.15. The van der Waals surface area contributed by atoms with Gasteiger partial charge >= 0.3 is 0 Å². The van der Waals surface area contributed by atoms with Gasteiger partial charge in [0.15, 0.2) is 0 Å². The van der Waals surface area contributed by atoms with E-state index in [9.17, 15) is 4.79 Å². The van der Waals surface area contributed by atoms with Crippen molar-refractivity contribution in [2.45, 2.75) is 13.8 Å². The first-order valence-corrected chi connectivity index (χ1v) is 4.91. The van der Waals surface area contributed by atoms with Gasteiger partial charge in [-0.2, -0.15) is 0 Å². The minimum atomic E-state index is -0.276. The Bertz CT molecular complexity index is 542. The van der Waals surface area contributed by atoms with Gasteiger partial charge in [-0.3, -0.25) is 9.78 Å².